The van der Waals surface area contributed by atoms with Gasteiger partial charge in [0.2, 0.25) is 5.65 Å². The highest BCUT2D eigenvalue weighted by Crippen LogP contribution is 2.26. The van der Waals surface area contributed by atoms with E-state index in [1.165, 1.54) is 36.4 Å². The van der Waals surface area contributed by atoms with Crippen LogP contribution in [-0.4, -0.2) is 10.9 Å². The Morgan fingerprint density at radius 2 is 1.59 bits per heavy atom. The van der Waals surface area contributed by atoms with Crippen LogP contribution in [-0.2, 0) is 0 Å². The Hall–Kier alpha value is -3.54. The van der Waals surface area contributed by atoms with Crippen molar-refractivity contribution in [3.8, 4) is 11.3 Å². The minimum Gasteiger partial charge on any atom is -0.267 e. The highest BCUT2D eigenvalue weighted by atomic mass is 19.1. The van der Waals surface area contributed by atoms with Crippen molar-refractivity contribution in [2.75, 3.05) is 5.32 Å². The molecule has 0 fully saturated rings. The number of amides is 1. The van der Waals surface area contributed by atoms with Crippen molar-refractivity contribution in [3.63, 3.8) is 0 Å². The van der Waals surface area contributed by atoms with Crippen LogP contribution in [0.1, 0.15) is 15.9 Å². The second kappa shape index (κ2) is 6.64. The van der Waals surface area contributed by atoms with E-state index in [1.807, 2.05) is 29.7 Å². The number of carbonyl (C=O) groups is 1. The summed E-state index contributed by atoms with van der Waals surface area (Å²) >= 11 is 0. The monoisotopic (exact) mass is 364 g/mol. The maximum Gasteiger partial charge on any atom is 0.311 e. The Balaban J connectivity index is 1.82. The molecule has 27 heavy (non-hydrogen) atoms. The van der Waals surface area contributed by atoms with E-state index in [0.29, 0.717) is 17.1 Å². The maximum absolute atomic E-state index is 13.3. The Morgan fingerprint density at radius 3 is 2.26 bits per heavy atom. The molecule has 0 spiro atoms. The van der Waals surface area contributed by atoms with Gasteiger partial charge in [-0.05, 0) is 67.1 Å². The average molecular weight is 364 g/mol. The van der Waals surface area contributed by atoms with Crippen LogP contribution in [0.15, 0.2) is 66.9 Å². The molecule has 4 aromatic rings. The summed E-state index contributed by atoms with van der Waals surface area (Å²) in [7, 11) is 0. The number of hydrogen-bond acceptors (Lipinski definition) is 1. The summed E-state index contributed by atoms with van der Waals surface area (Å²) in [4.78, 5) is 15.9. The number of pyridine rings is 1. The number of imidazole rings is 1. The van der Waals surface area contributed by atoms with Gasteiger partial charge in [-0.25, -0.2) is 18.5 Å². The van der Waals surface area contributed by atoms with Gasteiger partial charge in [-0.15, -0.1) is 0 Å². The van der Waals surface area contributed by atoms with Gasteiger partial charge in [0.1, 0.15) is 11.6 Å². The quantitative estimate of drug-likeness (QED) is 0.525. The van der Waals surface area contributed by atoms with E-state index in [9.17, 15) is 13.6 Å². The zero-order valence-corrected chi connectivity index (χ0v) is 14.5. The van der Waals surface area contributed by atoms with Crippen LogP contribution in [0.25, 0.3) is 16.9 Å². The van der Waals surface area contributed by atoms with Crippen molar-refractivity contribution >= 4 is 17.4 Å². The fourth-order valence-corrected chi connectivity index (χ4v) is 2.93. The molecule has 4 nitrogen and oxygen atoms in total. The molecule has 1 amide bonds. The number of halogens is 2. The molecule has 0 saturated carbocycles. The third-order valence-corrected chi connectivity index (χ3v) is 4.31. The van der Waals surface area contributed by atoms with Gasteiger partial charge >= 0.3 is 5.91 Å². The Bertz CT molecular complexity index is 1130. The summed E-state index contributed by atoms with van der Waals surface area (Å²) in [6.07, 6.45) is 1.84. The first-order valence-corrected chi connectivity index (χ1v) is 8.38. The van der Waals surface area contributed by atoms with Crippen molar-refractivity contribution in [1.29, 1.82) is 0 Å². The number of rotatable bonds is 3. The number of aryl methyl sites for hydroxylation is 1. The van der Waals surface area contributed by atoms with Gasteiger partial charge in [0.05, 0.1) is 11.8 Å². The molecule has 0 unspecified atom stereocenters. The number of hydrogen-bond donors (Lipinski definition) is 2. The Morgan fingerprint density at radius 1 is 0.963 bits per heavy atom. The van der Waals surface area contributed by atoms with Crippen LogP contribution < -0.4 is 9.72 Å². The topological polar surface area (TPSA) is 49.0 Å². The van der Waals surface area contributed by atoms with Gasteiger partial charge in [-0.3, -0.25) is 9.78 Å². The summed E-state index contributed by atoms with van der Waals surface area (Å²) in [5.41, 5.74) is 3.55. The van der Waals surface area contributed by atoms with E-state index >= 15 is 0 Å². The van der Waals surface area contributed by atoms with E-state index in [2.05, 4.69) is 10.3 Å². The number of anilines is 1. The summed E-state index contributed by atoms with van der Waals surface area (Å²) in [5, 5.41) is 2.88. The molecule has 134 valence electrons. The first kappa shape index (κ1) is 16.9. The molecule has 0 bridgehead atoms. The third-order valence-electron chi connectivity index (χ3n) is 4.31. The minimum absolute atomic E-state index is 0.337. The van der Waals surface area contributed by atoms with Crippen molar-refractivity contribution < 1.29 is 18.0 Å². The predicted octanol–water partition coefficient (Wildman–Crippen LogP) is 4.26. The lowest BCUT2D eigenvalue weighted by Crippen LogP contribution is -2.27. The van der Waals surface area contributed by atoms with Crippen LogP contribution in [0.3, 0.4) is 0 Å². The van der Waals surface area contributed by atoms with Gasteiger partial charge < -0.3 is 0 Å². The molecule has 2 aromatic carbocycles. The normalized spacial score (nSPS) is 10.9. The van der Waals surface area contributed by atoms with Crippen LogP contribution in [0.2, 0.25) is 0 Å². The number of fused-ring (bicyclic) bond motifs is 1. The molecule has 4 rings (SSSR count). The number of aromatic nitrogens is 2. The fourth-order valence-electron chi connectivity index (χ4n) is 2.93. The van der Waals surface area contributed by atoms with Crippen LogP contribution >= 0.6 is 0 Å². The molecule has 2 aromatic heterocycles. The second-order valence-electron chi connectivity index (χ2n) is 6.28. The number of H-pyrrole nitrogens is 1. The first-order valence-electron chi connectivity index (χ1n) is 8.38. The highest BCUT2D eigenvalue weighted by molar-refractivity contribution is 6.04. The zero-order chi connectivity index (χ0) is 19.0. The number of carbonyl (C=O) groups excluding carboxylic acids is 1. The second-order valence-corrected chi connectivity index (χ2v) is 6.28. The van der Waals surface area contributed by atoms with Crippen LogP contribution in [0.4, 0.5) is 14.6 Å². The molecular weight excluding hydrogens is 348 g/mol. The van der Waals surface area contributed by atoms with Crippen molar-refractivity contribution in [1.82, 2.24) is 4.98 Å². The highest BCUT2D eigenvalue weighted by Gasteiger charge is 2.23. The molecule has 0 aliphatic carbocycles. The number of nitrogens with zero attached hydrogens (tertiary/aromatic N) is 1. The molecule has 0 saturated heterocycles. The van der Waals surface area contributed by atoms with Gasteiger partial charge in [0.15, 0.2) is 5.69 Å². The number of benzene rings is 2. The standard InChI is InChI=1S/C21H15F2N3O/c1-13-10-11-26-18(12-13)24-19(14-2-6-16(22)7-3-14)20(26)25-21(27)15-4-8-17(23)9-5-15/h2-12H,1H3,(H,25,27)/p+1. The van der Waals surface area contributed by atoms with E-state index in [-0.39, 0.29) is 11.7 Å². The smallest absolute Gasteiger partial charge is 0.267 e. The lowest BCUT2D eigenvalue weighted by atomic mass is 10.1. The molecule has 0 radical (unpaired) electrons. The largest absolute Gasteiger partial charge is 0.311 e. The lowest BCUT2D eigenvalue weighted by Gasteiger charge is -2.03. The number of nitrogens with one attached hydrogen (secondary N) is 2. The Labute approximate surface area is 154 Å². The van der Waals surface area contributed by atoms with E-state index in [1.54, 1.807) is 12.1 Å². The van der Waals surface area contributed by atoms with Crippen molar-refractivity contribution in [3.05, 3.63) is 89.6 Å². The number of aromatic amines is 1. The molecule has 2 heterocycles. The van der Waals surface area contributed by atoms with Crippen molar-refractivity contribution in [2.45, 2.75) is 6.92 Å². The molecule has 2 N–H and O–H groups in total. The van der Waals surface area contributed by atoms with E-state index in [0.717, 1.165) is 16.8 Å². The predicted molar refractivity (Wildman–Crippen MR) is 98.4 cm³/mol. The van der Waals surface area contributed by atoms with Crippen molar-refractivity contribution in [2.24, 2.45) is 0 Å². The van der Waals surface area contributed by atoms with E-state index in [4.69, 9.17) is 0 Å². The summed E-state index contributed by atoms with van der Waals surface area (Å²) in [6, 6.07) is 15.2. The summed E-state index contributed by atoms with van der Waals surface area (Å²) in [6.45, 7) is 1.97. The molecule has 0 aliphatic rings. The molecular formula is C21H16F2N3O+. The zero-order valence-electron chi connectivity index (χ0n) is 14.5. The molecule has 6 heteroatoms. The maximum atomic E-state index is 13.3. The van der Waals surface area contributed by atoms with Crippen LogP contribution in [0, 0.1) is 18.6 Å². The molecule has 0 atom stereocenters. The van der Waals surface area contributed by atoms with Crippen LogP contribution in [0.5, 0.6) is 0 Å². The fraction of sp³-hybridized carbons (Fsp3) is 0.0476. The Kier molecular flexibility index (Phi) is 4.16. The van der Waals surface area contributed by atoms with Gasteiger partial charge in [0, 0.05) is 11.6 Å². The van der Waals surface area contributed by atoms with Gasteiger partial charge in [0.25, 0.3) is 5.82 Å². The summed E-state index contributed by atoms with van der Waals surface area (Å²) in [5.74, 6) is -0.593. The van der Waals surface area contributed by atoms with Gasteiger partial charge in [-0.1, -0.05) is 0 Å². The van der Waals surface area contributed by atoms with Gasteiger partial charge in [-0.2, -0.15) is 0 Å². The molecule has 0 aliphatic heterocycles. The average Bonchev–Trinajstić information content (AvgIpc) is 3.00. The minimum atomic E-state index is -0.407. The first-order chi connectivity index (χ1) is 13.0. The SMILES string of the molecule is Cc1cc[n+]2c(NC(=O)c3ccc(F)cc3)c(-c3ccc(F)cc3)[nH]c2c1. The van der Waals surface area contributed by atoms with E-state index < -0.39 is 5.82 Å². The third kappa shape index (κ3) is 3.29. The summed E-state index contributed by atoms with van der Waals surface area (Å²) < 4.78 is 28.2. The lowest BCUT2D eigenvalue weighted by molar-refractivity contribution is -0.493.